The highest BCUT2D eigenvalue weighted by Crippen LogP contribution is 2.41. The van der Waals surface area contributed by atoms with E-state index in [1.807, 2.05) is 35.4 Å². The molecule has 9 heteroatoms. The first-order valence-electron chi connectivity index (χ1n) is 12.2. The van der Waals surface area contributed by atoms with Gasteiger partial charge in [-0.1, -0.05) is 6.07 Å². The Morgan fingerprint density at radius 3 is 2.77 bits per heavy atom. The van der Waals surface area contributed by atoms with Crippen molar-refractivity contribution in [3.63, 3.8) is 0 Å². The lowest BCUT2D eigenvalue weighted by molar-refractivity contribution is 0.313. The Hall–Kier alpha value is -3.98. The van der Waals surface area contributed by atoms with Crippen molar-refractivity contribution in [1.82, 2.24) is 34.4 Å². The zero-order valence-electron chi connectivity index (χ0n) is 19.6. The van der Waals surface area contributed by atoms with Gasteiger partial charge in [0, 0.05) is 72.7 Å². The highest BCUT2D eigenvalue weighted by molar-refractivity contribution is 5.92. The lowest BCUT2D eigenvalue weighted by Gasteiger charge is -2.34. The van der Waals surface area contributed by atoms with Crippen LogP contribution in [0.2, 0.25) is 0 Å². The molecule has 0 radical (unpaired) electrons. The first kappa shape index (κ1) is 20.4. The van der Waals surface area contributed by atoms with Crippen LogP contribution in [0.4, 0.5) is 17.3 Å². The van der Waals surface area contributed by atoms with E-state index in [0.29, 0.717) is 11.9 Å². The number of hydrogen-bond acceptors (Lipinski definition) is 7. The Morgan fingerprint density at radius 1 is 1.03 bits per heavy atom. The number of hydrogen-bond donors (Lipinski definition) is 2. The molecule has 9 nitrogen and oxygen atoms in total. The van der Waals surface area contributed by atoms with E-state index in [1.165, 1.54) is 24.1 Å². The van der Waals surface area contributed by atoms with Gasteiger partial charge in [0.1, 0.15) is 5.65 Å². The number of nitrogens with one attached hydrogen (secondary N) is 2. The number of benzene rings is 1. The summed E-state index contributed by atoms with van der Waals surface area (Å²) < 4.78 is 1.86. The Kier molecular flexibility index (Phi) is 4.70. The summed E-state index contributed by atoms with van der Waals surface area (Å²) in [5, 5.41) is 8.79. The lowest BCUT2D eigenvalue weighted by Crippen LogP contribution is -2.44. The molecule has 1 saturated heterocycles. The Balaban J connectivity index is 1.15. The van der Waals surface area contributed by atoms with Gasteiger partial charge in [-0.3, -0.25) is 0 Å². The van der Waals surface area contributed by atoms with Crippen LogP contribution in [0.5, 0.6) is 0 Å². The second-order valence-electron chi connectivity index (χ2n) is 9.58. The molecule has 1 aromatic carbocycles. The number of rotatable bonds is 5. The summed E-state index contributed by atoms with van der Waals surface area (Å²) >= 11 is 0. The quantitative estimate of drug-likeness (QED) is 0.405. The molecule has 5 aromatic rings. The van der Waals surface area contributed by atoms with Crippen molar-refractivity contribution >= 4 is 34.0 Å². The minimum absolute atomic E-state index is 0.566. The van der Waals surface area contributed by atoms with E-state index in [9.17, 15) is 0 Å². The van der Waals surface area contributed by atoms with Crippen molar-refractivity contribution in [3.05, 3.63) is 60.7 Å². The van der Waals surface area contributed by atoms with E-state index in [0.717, 1.165) is 59.8 Å². The summed E-state index contributed by atoms with van der Waals surface area (Å²) in [6, 6.07) is 10.5. The molecule has 0 atom stereocenters. The van der Waals surface area contributed by atoms with Crippen molar-refractivity contribution in [3.8, 4) is 11.3 Å². The van der Waals surface area contributed by atoms with Crippen LogP contribution in [0.1, 0.15) is 24.3 Å². The maximum Gasteiger partial charge on any atom is 0.229 e. The largest absolute Gasteiger partial charge is 0.369 e. The molecular formula is C26H27N9. The first-order valence-corrected chi connectivity index (χ1v) is 12.2. The highest BCUT2D eigenvalue weighted by atomic mass is 15.3. The molecule has 176 valence electrons. The standard InChI is InChI=1S/C26H27N9/c1-33-9-11-34(12-10-33)19-4-2-3-18(13-19)30-26-28-15-22-21(14-27-24(22)32-26)23-7-8-35-25(31-23)20(16-29-35)17-5-6-17/h2-4,7-8,13-17H,5-6,9-12H2,1H3,(H2,27,28,30,32). The number of likely N-dealkylation sites (N-methyl/N-ethyl adjacent to an activating group) is 1. The number of anilines is 3. The zero-order chi connectivity index (χ0) is 23.4. The van der Waals surface area contributed by atoms with Crippen molar-refractivity contribution in [1.29, 1.82) is 0 Å². The highest BCUT2D eigenvalue weighted by Gasteiger charge is 2.27. The summed E-state index contributed by atoms with van der Waals surface area (Å²) in [6.07, 6.45) is 10.2. The second kappa shape index (κ2) is 8.06. The van der Waals surface area contributed by atoms with Crippen LogP contribution in [0.3, 0.4) is 0 Å². The van der Waals surface area contributed by atoms with Crippen LogP contribution in [0.25, 0.3) is 27.9 Å². The average molecular weight is 466 g/mol. The predicted molar refractivity (Wildman–Crippen MR) is 137 cm³/mol. The molecule has 35 heavy (non-hydrogen) atoms. The number of nitrogens with zero attached hydrogens (tertiary/aromatic N) is 7. The molecule has 0 bridgehead atoms. The third-order valence-electron chi connectivity index (χ3n) is 7.09. The molecule has 0 amide bonds. The van der Waals surface area contributed by atoms with Gasteiger partial charge in [-0.25, -0.2) is 14.5 Å². The number of aromatic nitrogens is 6. The molecule has 0 unspecified atom stereocenters. The minimum atomic E-state index is 0.566. The van der Waals surface area contributed by atoms with E-state index in [-0.39, 0.29) is 0 Å². The van der Waals surface area contributed by atoms with Crippen LogP contribution < -0.4 is 10.2 Å². The van der Waals surface area contributed by atoms with Gasteiger partial charge < -0.3 is 20.1 Å². The third-order valence-corrected chi connectivity index (χ3v) is 7.09. The molecule has 4 aromatic heterocycles. The van der Waals surface area contributed by atoms with Gasteiger partial charge in [-0.05, 0) is 50.1 Å². The topological polar surface area (TPSA) is 90.3 Å². The molecule has 2 aliphatic rings. The summed E-state index contributed by atoms with van der Waals surface area (Å²) in [7, 11) is 2.17. The molecule has 7 rings (SSSR count). The molecule has 1 aliphatic heterocycles. The molecule has 2 fully saturated rings. The summed E-state index contributed by atoms with van der Waals surface area (Å²) in [5.41, 5.74) is 7.06. The maximum atomic E-state index is 4.94. The van der Waals surface area contributed by atoms with Crippen molar-refractivity contribution < 1.29 is 0 Å². The van der Waals surface area contributed by atoms with Gasteiger partial charge >= 0.3 is 0 Å². The SMILES string of the molecule is CN1CCN(c2cccc(Nc3ncc4c(-c5ccn6ncc(C7CC7)c6n5)c[nH]c4n3)c2)CC1. The fraction of sp³-hybridized carbons (Fsp3) is 0.308. The van der Waals surface area contributed by atoms with Crippen LogP contribution in [-0.2, 0) is 0 Å². The van der Waals surface area contributed by atoms with E-state index < -0.39 is 0 Å². The fourth-order valence-electron chi connectivity index (χ4n) is 4.87. The first-order chi connectivity index (χ1) is 17.2. The van der Waals surface area contributed by atoms with E-state index in [1.54, 1.807) is 0 Å². The van der Waals surface area contributed by atoms with E-state index in [4.69, 9.17) is 9.97 Å². The van der Waals surface area contributed by atoms with Gasteiger partial charge in [-0.15, -0.1) is 0 Å². The summed E-state index contributed by atoms with van der Waals surface area (Å²) in [6.45, 7) is 4.23. The summed E-state index contributed by atoms with van der Waals surface area (Å²) in [4.78, 5) is 22.4. The molecular weight excluding hydrogens is 438 g/mol. The van der Waals surface area contributed by atoms with Crippen LogP contribution in [0, 0.1) is 0 Å². The molecule has 5 heterocycles. The van der Waals surface area contributed by atoms with Crippen LogP contribution >= 0.6 is 0 Å². The summed E-state index contributed by atoms with van der Waals surface area (Å²) in [5.74, 6) is 1.17. The van der Waals surface area contributed by atoms with Crippen molar-refractivity contribution in [2.75, 3.05) is 43.4 Å². The van der Waals surface area contributed by atoms with E-state index >= 15 is 0 Å². The fourth-order valence-corrected chi connectivity index (χ4v) is 4.87. The monoisotopic (exact) mass is 465 g/mol. The number of piperazine rings is 1. The Morgan fingerprint density at radius 2 is 1.91 bits per heavy atom. The minimum Gasteiger partial charge on any atom is -0.369 e. The zero-order valence-corrected chi connectivity index (χ0v) is 19.6. The Labute approximate surface area is 202 Å². The smallest absolute Gasteiger partial charge is 0.229 e. The van der Waals surface area contributed by atoms with Gasteiger partial charge in [0.2, 0.25) is 5.95 Å². The number of fused-ring (bicyclic) bond motifs is 2. The van der Waals surface area contributed by atoms with Gasteiger partial charge in [0.15, 0.2) is 5.65 Å². The molecule has 1 aliphatic carbocycles. The van der Waals surface area contributed by atoms with Gasteiger partial charge in [0.25, 0.3) is 0 Å². The van der Waals surface area contributed by atoms with Crippen LogP contribution in [0.15, 0.2) is 55.1 Å². The second-order valence-corrected chi connectivity index (χ2v) is 9.58. The lowest BCUT2D eigenvalue weighted by atomic mass is 10.1. The van der Waals surface area contributed by atoms with Crippen LogP contribution in [-0.4, -0.2) is 67.7 Å². The maximum absolute atomic E-state index is 4.94. The van der Waals surface area contributed by atoms with Gasteiger partial charge in [0.05, 0.1) is 11.9 Å². The van der Waals surface area contributed by atoms with E-state index in [2.05, 4.69) is 61.5 Å². The number of H-pyrrole nitrogens is 1. The third kappa shape index (κ3) is 3.77. The molecule has 1 saturated carbocycles. The molecule has 2 N–H and O–H groups in total. The normalized spacial score (nSPS) is 16.9. The van der Waals surface area contributed by atoms with Gasteiger partial charge in [-0.2, -0.15) is 10.1 Å². The van der Waals surface area contributed by atoms with Crippen molar-refractivity contribution in [2.24, 2.45) is 0 Å². The average Bonchev–Trinajstić information content (AvgIpc) is 3.50. The predicted octanol–water partition coefficient (Wildman–Crippen LogP) is 4.04. The molecule has 0 spiro atoms. The Bertz CT molecular complexity index is 1520. The van der Waals surface area contributed by atoms with Crippen molar-refractivity contribution in [2.45, 2.75) is 18.8 Å². The number of aromatic amines is 1.